The van der Waals surface area contributed by atoms with Gasteiger partial charge in [0, 0.05) is 22.6 Å². The number of carbonyl (C=O) groups excluding carboxylic acids is 2. The van der Waals surface area contributed by atoms with E-state index in [0.717, 1.165) is 11.3 Å². The van der Waals surface area contributed by atoms with Crippen molar-refractivity contribution in [2.75, 3.05) is 29.6 Å². The van der Waals surface area contributed by atoms with Gasteiger partial charge in [0.15, 0.2) is 0 Å². The first kappa shape index (κ1) is 21.2. The molecule has 0 spiro atoms. The van der Waals surface area contributed by atoms with Gasteiger partial charge in [-0.25, -0.2) is 0 Å². The SMILES string of the molecule is COc1ccc(NC(=O)CNc2cc(C(=O)Nc3ccccc3)ccc2C)cc1Cl. The van der Waals surface area contributed by atoms with Crippen LogP contribution < -0.4 is 20.7 Å². The summed E-state index contributed by atoms with van der Waals surface area (Å²) in [5.41, 5.74) is 3.41. The summed E-state index contributed by atoms with van der Waals surface area (Å²) in [6.45, 7) is 1.94. The fraction of sp³-hybridized carbons (Fsp3) is 0.130. The van der Waals surface area contributed by atoms with Crippen LogP contribution in [-0.4, -0.2) is 25.5 Å². The Morgan fingerprint density at radius 2 is 1.70 bits per heavy atom. The van der Waals surface area contributed by atoms with Crippen molar-refractivity contribution in [1.29, 1.82) is 0 Å². The lowest BCUT2D eigenvalue weighted by Gasteiger charge is -2.13. The predicted molar refractivity (Wildman–Crippen MR) is 121 cm³/mol. The number of amides is 2. The Bertz CT molecular complexity index is 1050. The molecule has 0 unspecified atom stereocenters. The fourth-order valence-electron chi connectivity index (χ4n) is 2.80. The number of anilines is 3. The second kappa shape index (κ2) is 9.80. The fourth-order valence-corrected chi connectivity index (χ4v) is 3.06. The Kier molecular flexibility index (Phi) is 6.93. The van der Waals surface area contributed by atoms with Crippen molar-refractivity contribution in [3.8, 4) is 5.75 Å². The third-order valence-corrected chi connectivity index (χ3v) is 4.70. The molecule has 2 amide bonds. The number of hydrogen-bond acceptors (Lipinski definition) is 4. The van der Waals surface area contributed by atoms with E-state index in [4.69, 9.17) is 16.3 Å². The van der Waals surface area contributed by atoms with Crippen LogP contribution in [0.15, 0.2) is 66.7 Å². The van der Waals surface area contributed by atoms with Gasteiger partial charge in [-0.1, -0.05) is 35.9 Å². The van der Waals surface area contributed by atoms with Crippen LogP contribution in [0.3, 0.4) is 0 Å². The highest BCUT2D eigenvalue weighted by atomic mass is 35.5. The van der Waals surface area contributed by atoms with Gasteiger partial charge in [-0.3, -0.25) is 9.59 Å². The highest BCUT2D eigenvalue weighted by Crippen LogP contribution is 2.27. The molecule has 0 saturated carbocycles. The number of para-hydroxylation sites is 1. The quantitative estimate of drug-likeness (QED) is 0.501. The zero-order chi connectivity index (χ0) is 21.5. The molecule has 3 rings (SSSR count). The number of ether oxygens (including phenoxy) is 1. The van der Waals surface area contributed by atoms with E-state index in [-0.39, 0.29) is 18.4 Å². The van der Waals surface area contributed by atoms with Crippen LogP contribution in [0.5, 0.6) is 5.75 Å². The van der Waals surface area contributed by atoms with Crippen LogP contribution >= 0.6 is 11.6 Å². The molecule has 0 saturated heterocycles. The molecule has 0 fully saturated rings. The highest BCUT2D eigenvalue weighted by Gasteiger charge is 2.10. The standard InChI is InChI=1S/C23H22ClN3O3/c1-15-8-9-16(23(29)27-17-6-4-3-5-7-17)12-20(15)25-14-22(28)26-18-10-11-21(30-2)19(24)13-18/h3-13,25H,14H2,1-2H3,(H,26,28)(H,27,29). The molecule has 0 bridgehead atoms. The molecular weight excluding hydrogens is 402 g/mol. The number of rotatable bonds is 7. The molecule has 0 heterocycles. The predicted octanol–water partition coefficient (Wildman–Crippen LogP) is 4.96. The second-order valence-electron chi connectivity index (χ2n) is 6.60. The Morgan fingerprint density at radius 1 is 0.933 bits per heavy atom. The van der Waals surface area contributed by atoms with Crippen molar-refractivity contribution in [3.05, 3.63) is 82.9 Å². The monoisotopic (exact) mass is 423 g/mol. The third-order valence-electron chi connectivity index (χ3n) is 4.41. The number of halogens is 1. The van der Waals surface area contributed by atoms with E-state index in [1.54, 1.807) is 30.3 Å². The molecular formula is C23H22ClN3O3. The van der Waals surface area contributed by atoms with Gasteiger partial charge in [0.2, 0.25) is 5.91 Å². The van der Waals surface area contributed by atoms with E-state index >= 15 is 0 Å². The number of aryl methyl sites for hydroxylation is 1. The van der Waals surface area contributed by atoms with Crippen molar-refractivity contribution in [3.63, 3.8) is 0 Å². The van der Waals surface area contributed by atoms with E-state index in [1.807, 2.05) is 43.3 Å². The second-order valence-corrected chi connectivity index (χ2v) is 7.01. The molecule has 0 radical (unpaired) electrons. The van der Waals surface area contributed by atoms with Crippen LogP contribution in [0.1, 0.15) is 15.9 Å². The lowest BCUT2D eigenvalue weighted by Crippen LogP contribution is -2.22. The Balaban J connectivity index is 1.62. The smallest absolute Gasteiger partial charge is 0.255 e. The number of hydrogen-bond donors (Lipinski definition) is 3. The summed E-state index contributed by atoms with van der Waals surface area (Å²) in [6.07, 6.45) is 0. The molecule has 154 valence electrons. The number of benzene rings is 3. The molecule has 0 aromatic heterocycles. The minimum atomic E-state index is -0.241. The molecule has 0 atom stereocenters. The molecule has 3 aromatic rings. The average Bonchev–Trinajstić information content (AvgIpc) is 2.74. The third kappa shape index (κ3) is 5.52. The molecule has 0 aliphatic rings. The summed E-state index contributed by atoms with van der Waals surface area (Å²) in [4.78, 5) is 24.8. The van der Waals surface area contributed by atoms with Gasteiger partial charge in [-0.2, -0.15) is 0 Å². The van der Waals surface area contributed by atoms with Crippen molar-refractivity contribution in [1.82, 2.24) is 0 Å². The van der Waals surface area contributed by atoms with E-state index in [1.165, 1.54) is 7.11 Å². The van der Waals surface area contributed by atoms with Gasteiger partial charge >= 0.3 is 0 Å². The van der Waals surface area contributed by atoms with Gasteiger partial charge in [-0.05, 0) is 55.0 Å². The lowest BCUT2D eigenvalue weighted by atomic mass is 10.1. The number of methoxy groups -OCH3 is 1. The van der Waals surface area contributed by atoms with Crippen LogP contribution in [0.4, 0.5) is 17.1 Å². The average molecular weight is 424 g/mol. The van der Waals surface area contributed by atoms with E-state index in [2.05, 4.69) is 16.0 Å². The molecule has 0 aliphatic heterocycles. The lowest BCUT2D eigenvalue weighted by molar-refractivity contribution is -0.114. The molecule has 7 heteroatoms. The molecule has 6 nitrogen and oxygen atoms in total. The topological polar surface area (TPSA) is 79.5 Å². The summed E-state index contributed by atoms with van der Waals surface area (Å²) >= 11 is 6.08. The van der Waals surface area contributed by atoms with Crippen molar-refractivity contribution in [2.24, 2.45) is 0 Å². The maximum absolute atomic E-state index is 12.5. The van der Waals surface area contributed by atoms with Gasteiger partial charge < -0.3 is 20.7 Å². The first-order chi connectivity index (χ1) is 14.5. The minimum absolute atomic E-state index is 0.0360. The van der Waals surface area contributed by atoms with Gasteiger partial charge in [0.05, 0.1) is 18.7 Å². The maximum Gasteiger partial charge on any atom is 0.255 e. The summed E-state index contributed by atoms with van der Waals surface area (Å²) in [5, 5.41) is 9.11. The number of nitrogens with one attached hydrogen (secondary N) is 3. The highest BCUT2D eigenvalue weighted by molar-refractivity contribution is 6.32. The van der Waals surface area contributed by atoms with Gasteiger partial charge in [0.25, 0.3) is 5.91 Å². The Hall–Kier alpha value is -3.51. The largest absolute Gasteiger partial charge is 0.495 e. The first-order valence-electron chi connectivity index (χ1n) is 9.30. The molecule has 30 heavy (non-hydrogen) atoms. The number of carbonyl (C=O) groups is 2. The van der Waals surface area contributed by atoms with Crippen LogP contribution in [0.2, 0.25) is 5.02 Å². The molecule has 3 N–H and O–H groups in total. The minimum Gasteiger partial charge on any atom is -0.495 e. The van der Waals surface area contributed by atoms with Crippen LogP contribution in [0.25, 0.3) is 0 Å². The van der Waals surface area contributed by atoms with E-state index < -0.39 is 0 Å². The normalized spacial score (nSPS) is 10.2. The maximum atomic E-state index is 12.5. The summed E-state index contributed by atoms with van der Waals surface area (Å²) < 4.78 is 5.10. The van der Waals surface area contributed by atoms with Crippen LogP contribution in [-0.2, 0) is 4.79 Å². The zero-order valence-electron chi connectivity index (χ0n) is 16.7. The first-order valence-corrected chi connectivity index (χ1v) is 9.68. The van der Waals surface area contributed by atoms with E-state index in [0.29, 0.717) is 27.7 Å². The van der Waals surface area contributed by atoms with Crippen molar-refractivity contribution < 1.29 is 14.3 Å². The van der Waals surface area contributed by atoms with Gasteiger partial charge in [-0.15, -0.1) is 0 Å². The Labute approximate surface area is 180 Å². The molecule has 3 aromatic carbocycles. The van der Waals surface area contributed by atoms with Gasteiger partial charge in [0.1, 0.15) is 5.75 Å². The summed E-state index contributed by atoms with van der Waals surface area (Å²) in [6, 6.07) is 19.6. The van der Waals surface area contributed by atoms with E-state index in [9.17, 15) is 9.59 Å². The van der Waals surface area contributed by atoms with Crippen molar-refractivity contribution in [2.45, 2.75) is 6.92 Å². The zero-order valence-corrected chi connectivity index (χ0v) is 17.4. The van der Waals surface area contributed by atoms with Crippen molar-refractivity contribution >= 4 is 40.5 Å². The Morgan fingerprint density at radius 3 is 2.40 bits per heavy atom. The van der Waals surface area contributed by atoms with Crippen LogP contribution in [0, 0.1) is 6.92 Å². The molecule has 0 aliphatic carbocycles. The summed E-state index contributed by atoms with van der Waals surface area (Å²) in [5.74, 6) is 0.0744. The summed E-state index contributed by atoms with van der Waals surface area (Å²) in [7, 11) is 1.53.